The van der Waals surface area contributed by atoms with Crippen LogP contribution in [0.25, 0.3) is 6.08 Å². The number of carbonyl (C=O) groups excluding carboxylic acids is 3. The highest BCUT2D eigenvalue weighted by atomic mass is 35.5. The lowest BCUT2D eigenvalue weighted by Crippen LogP contribution is -2.61. The highest BCUT2D eigenvalue weighted by Crippen LogP contribution is 2.22. The minimum Gasteiger partial charge on any atom is -0.464 e. The molecule has 0 amide bonds. The Morgan fingerprint density at radius 1 is 1.00 bits per heavy atom. The van der Waals surface area contributed by atoms with Gasteiger partial charge in [0.2, 0.25) is 6.10 Å². The molecule has 1 rings (SSSR count). The van der Waals surface area contributed by atoms with Crippen LogP contribution in [0.3, 0.4) is 0 Å². The van der Waals surface area contributed by atoms with Gasteiger partial charge >= 0.3 is 17.9 Å². The Morgan fingerprint density at radius 3 is 2.21 bits per heavy atom. The van der Waals surface area contributed by atoms with Crippen molar-refractivity contribution in [3.05, 3.63) is 40.9 Å². The minimum atomic E-state index is -2.96. The third kappa shape index (κ3) is 9.15. The fourth-order valence-corrected chi connectivity index (χ4v) is 3.13. The van der Waals surface area contributed by atoms with E-state index in [1.165, 1.54) is 13.8 Å². The monoisotopic (exact) mass is 484 g/mol. The molecular weight excluding hydrogens is 452 g/mol. The Morgan fingerprint density at radius 2 is 1.64 bits per heavy atom. The molecule has 0 radical (unpaired) electrons. The first-order valence-electron chi connectivity index (χ1n) is 11.1. The molecule has 0 fully saturated rings. The van der Waals surface area contributed by atoms with Gasteiger partial charge in [-0.25, -0.2) is 14.4 Å². The van der Waals surface area contributed by atoms with Gasteiger partial charge < -0.3 is 24.1 Å². The Bertz CT molecular complexity index is 774. The molecule has 0 saturated carbocycles. The van der Waals surface area contributed by atoms with Crippen molar-refractivity contribution in [2.75, 3.05) is 26.4 Å². The van der Waals surface area contributed by atoms with E-state index < -0.39 is 29.6 Å². The predicted octanol–water partition coefficient (Wildman–Crippen LogP) is 3.72. The van der Waals surface area contributed by atoms with Crippen molar-refractivity contribution >= 4 is 35.6 Å². The van der Waals surface area contributed by atoms with Gasteiger partial charge in [-0.05, 0) is 57.7 Å². The summed E-state index contributed by atoms with van der Waals surface area (Å²) < 4.78 is 20.0. The van der Waals surface area contributed by atoms with Gasteiger partial charge in [-0.3, -0.25) is 0 Å². The fraction of sp³-hybridized carbons (Fsp3) is 0.542. The average molecular weight is 485 g/mol. The number of benzene rings is 1. The SMILES string of the molecule is CCOC(=O)C(OCCCCCC=Cc1cccc(Cl)c1)C(O)(C(=O)OCC)C(=O)OCC. The Balaban J connectivity index is 2.68. The van der Waals surface area contributed by atoms with E-state index in [4.69, 9.17) is 30.5 Å². The van der Waals surface area contributed by atoms with E-state index in [0.29, 0.717) is 11.4 Å². The summed E-state index contributed by atoms with van der Waals surface area (Å²) >= 11 is 5.96. The number of halogens is 1. The van der Waals surface area contributed by atoms with Gasteiger partial charge in [0.25, 0.3) is 5.60 Å². The summed E-state index contributed by atoms with van der Waals surface area (Å²) in [6, 6.07) is 7.52. The Hall–Kier alpha value is -2.42. The second-order valence-electron chi connectivity index (χ2n) is 7.02. The summed E-state index contributed by atoms with van der Waals surface area (Å²) in [5.41, 5.74) is -1.95. The van der Waals surface area contributed by atoms with Crippen molar-refractivity contribution in [2.45, 2.75) is 58.2 Å². The molecule has 0 aliphatic heterocycles. The highest BCUT2D eigenvalue weighted by Gasteiger charge is 2.58. The summed E-state index contributed by atoms with van der Waals surface area (Å²) in [5, 5.41) is 11.6. The van der Waals surface area contributed by atoms with Crippen molar-refractivity contribution < 1.29 is 38.4 Å². The molecule has 8 nitrogen and oxygen atoms in total. The minimum absolute atomic E-state index is 0.0165. The molecule has 0 spiro atoms. The molecule has 1 aromatic rings. The van der Waals surface area contributed by atoms with E-state index in [1.807, 2.05) is 36.4 Å². The normalized spacial score (nSPS) is 12.4. The number of unbranched alkanes of at least 4 members (excludes halogenated alkanes) is 3. The van der Waals surface area contributed by atoms with Crippen molar-refractivity contribution in [3.8, 4) is 0 Å². The third-order valence-electron chi connectivity index (χ3n) is 4.51. The zero-order valence-corrected chi connectivity index (χ0v) is 20.1. The maximum Gasteiger partial charge on any atom is 0.353 e. The maximum atomic E-state index is 12.4. The number of hydrogen-bond donors (Lipinski definition) is 1. The molecule has 184 valence electrons. The summed E-state index contributed by atoms with van der Waals surface area (Å²) in [4.78, 5) is 37.2. The summed E-state index contributed by atoms with van der Waals surface area (Å²) in [5.74, 6) is -3.70. The number of hydrogen-bond acceptors (Lipinski definition) is 8. The molecule has 0 aromatic heterocycles. The first-order valence-corrected chi connectivity index (χ1v) is 11.5. The fourth-order valence-electron chi connectivity index (χ4n) is 2.93. The van der Waals surface area contributed by atoms with Crippen LogP contribution in [0.1, 0.15) is 52.0 Å². The maximum absolute atomic E-state index is 12.4. The smallest absolute Gasteiger partial charge is 0.353 e. The number of rotatable bonds is 15. The second-order valence-corrected chi connectivity index (χ2v) is 7.45. The van der Waals surface area contributed by atoms with Gasteiger partial charge in [-0.15, -0.1) is 0 Å². The summed E-state index contributed by atoms with van der Waals surface area (Å²) in [6.07, 6.45) is 5.08. The van der Waals surface area contributed by atoms with Crippen LogP contribution < -0.4 is 0 Å². The molecule has 1 unspecified atom stereocenters. The van der Waals surface area contributed by atoms with Crippen molar-refractivity contribution in [3.63, 3.8) is 0 Å². The van der Waals surface area contributed by atoms with Crippen LogP contribution in [0.4, 0.5) is 0 Å². The van der Waals surface area contributed by atoms with Crippen LogP contribution in [0.2, 0.25) is 5.02 Å². The molecule has 1 N–H and O–H groups in total. The molecule has 0 aliphatic rings. The Labute approximate surface area is 199 Å². The average Bonchev–Trinajstić information content (AvgIpc) is 2.78. The van der Waals surface area contributed by atoms with Gasteiger partial charge in [0.05, 0.1) is 19.8 Å². The van der Waals surface area contributed by atoms with Crippen molar-refractivity contribution in [2.24, 2.45) is 0 Å². The van der Waals surface area contributed by atoms with Crippen LogP contribution in [-0.2, 0) is 33.3 Å². The zero-order chi connectivity index (χ0) is 24.7. The van der Waals surface area contributed by atoms with Crippen LogP contribution in [0.5, 0.6) is 0 Å². The molecule has 0 saturated heterocycles. The number of esters is 3. The molecular formula is C24H33ClO8. The van der Waals surface area contributed by atoms with E-state index in [1.54, 1.807) is 6.92 Å². The predicted molar refractivity (Wildman–Crippen MR) is 124 cm³/mol. The number of ether oxygens (including phenoxy) is 4. The molecule has 1 atom stereocenters. The van der Waals surface area contributed by atoms with E-state index in [9.17, 15) is 19.5 Å². The van der Waals surface area contributed by atoms with Gasteiger partial charge in [0.1, 0.15) is 0 Å². The van der Waals surface area contributed by atoms with Crippen LogP contribution in [0.15, 0.2) is 30.3 Å². The van der Waals surface area contributed by atoms with E-state index in [0.717, 1.165) is 24.8 Å². The molecule has 0 aliphatic carbocycles. The summed E-state index contributed by atoms with van der Waals surface area (Å²) in [7, 11) is 0. The van der Waals surface area contributed by atoms with E-state index >= 15 is 0 Å². The van der Waals surface area contributed by atoms with Crippen LogP contribution in [-0.4, -0.2) is 61.1 Å². The largest absolute Gasteiger partial charge is 0.464 e. The standard InChI is InChI=1S/C24H33ClO8/c1-4-30-21(26)20(24(29,22(27)31-5-2)23(28)32-6-3)33-16-11-9-7-8-10-13-18-14-12-15-19(25)17-18/h10,12-15,17,20,29H,4-9,11,16H2,1-3H3. The Kier molecular flexibility index (Phi) is 13.4. The van der Waals surface area contributed by atoms with Crippen molar-refractivity contribution in [1.29, 1.82) is 0 Å². The quantitative estimate of drug-likeness (QED) is 0.174. The number of carbonyl (C=O) groups is 3. The van der Waals surface area contributed by atoms with Crippen LogP contribution >= 0.6 is 11.6 Å². The molecule has 0 heterocycles. The molecule has 1 aromatic carbocycles. The van der Waals surface area contributed by atoms with Gasteiger partial charge in [-0.1, -0.05) is 42.3 Å². The second kappa shape index (κ2) is 15.4. The number of allylic oxidation sites excluding steroid dienone is 1. The summed E-state index contributed by atoms with van der Waals surface area (Å²) in [6.45, 7) is 4.33. The molecule has 33 heavy (non-hydrogen) atoms. The molecule has 0 bridgehead atoms. The van der Waals surface area contributed by atoms with Crippen LogP contribution in [0, 0.1) is 0 Å². The lowest BCUT2D eigenvalue weighted by atomic mass is 9.96. The van der Waals surface area contributed by atoms with E-state index in [-0.39, 0.29) is 26.4 Å². The lowest BCUT2D eigenvalue weighted by molar-refractivity contribution is -0.208. The molecule has 9 heteroatoms. The first kappa shape index (κ1) is 28.6. The van der Waals surface area contributed by atoms with Gasteiger partial charge in [-0.2, -0.15) is 0 Å². The number of aliphatic hydroxyl groups is 1. The van der Waals surface area contributed by atoms with Crippen molar-refractivity contribution in [1.82, 2.24) is 0 Å². The van der Waals surface area contributed by atoms with E-state index in [2.05, 4.69) is 0 Å². The highest BCUT2D eigenvalue weighted by molar-refractivity contribution is 6.30. The third-order valence-corrected chi connectivity index (χ3v) is 4.75. The van der Waals surface area contributed by atoms with Gasteiger partial charge in [0.15, 0.2) is 0 Å². The zero-order valence-electron chi connectivity index (χ0n) is 19.4. The lowest BCUT2D eigenvalue weighted by Gasteiger charge is -2.30. The first-order chi connectivity index (χ1) is 15.8. The topological polar surface area (TPSA) is 108 Å². The van der Waals surface area contributed by atoms with Gasteiger partial charge in [0, 0.05) is 11.6 Å².